The van der Waals surface area contributed by atoms with Crippen molar-refractivity contribution in [1.29, 1.82) is 0 Å². The van der Waals surface area contributed by atoms with Gasteiger partial charge in [0.2, 0.25) is 5.91 Å². The average Bonchev–Trinajstić information content (AvgIpc) is 3.29. The van der Waals surface area contributed by atoms with Gasteiger partial charge >= 0.3 is 0 Å². The molecule has 380 valence electrons. The first-order valence-corrected chi connectivity index (χ1v) is 27.9. The van der Waals surface area contributed by atoms with E-state index in [2.05, 4.69) is 19.2 Å². The molecule has 9 heteroatoms. The molecule has 7 unspecified atom stereocenters. The number of carbonyl (C=O) groups excluding carboxylic acids is 1. The second-order valence-corrected chi connectivity index (χ2v) is 19.7. The molecule has 1 fully saturated rings. The van der Waals surface area contributed by atoms with Gasteiger partial charge in [-0.25, -0.2) is 0 Å². The first-order valence-electron chi connectivity index (χ1n) is 27.9. The molecule has 0 aromatic carbocycles. The number of aliphatic hydroxyl groups excluding tert-OH is 5. The summed E-state index contributed by atoms with van der Waals surface area (Å²) in [6, 6.07) is -0.798. The fourth-order valence-electron chi connectivity index (χ4n) is 9.16. The monoisotopic (exact) mass is 910 g/mol. The van der Waals surface area contributed by atoms with Crippen molar-refractivity contribution in [3.8, 4) is 0 Å². The maximum atomic E-state index is 13.0. The van der Waals surface area contributed by atoms with Crippen molar-refractivity contribution in [2.24, 2.45) is 0 Å². The summed E-state index contributed by atoms with van der Waals surface area (Å²) in [6.07, 6.45) is 48.9. The van der Waals surface area contributed by atoms with Crippen LogP contribution in [0, 0.1) is 0 Å². The van der Waals surface area contributed by atoms with Gasteiger partial charge in [-0.3, -0.25) is 4.79 Å². The van der Waals surface area contributed by atoms with E-state index < -0.39 is 49.5 Å². The Morgan fingerprint density at radius 2 is 0.859 bits per heavy atom. The molecule has 1 aliphatic rings. The first-order chi connectivity index (χ1) is 31.3. The zero-order valence-electron chi connectivity index (χ0n) is 42.1. The molecule has 0 spiro atoms. The SMILES string of the molecule is CCCCCCCCC/C=C/C(O)C(COC1OC(CO)C(O)C(O)C1O)NC(=O)CCCCCCCCCCCCCCCCCCCCCCCCCCCCCCCCCC. The van der Waals surface area contributed by atoms with Crippen molar-refractivity contribution in [2.45, 2.75) is 320 Å². The van der Waals surface area contributed by atoms with Crippen LogP contribution in [0.3, 0.4) is 0 Å². The molecule has 6 N–H and O–H groups in total. The Labute approximate surface area is 395 Å². The molecule has 1 saturated heterocycles. The van der Waals surface area contributed by atoms with E-state index in [-0.39, 0.29) is 12.5 Å². The van der Waals surface area contributed by atoms with Gasteiger partial charge in [-0.2, -0.15) is 0 Å². The Hall–Kier alpha value is -1.07. The van der Waals surface area contributed by atoms with Crippen LogP contribution in [0.5, 0.6) is 0 Å². The van der Waals surface area contributed by atoms with E-state index in [1.165, 1.54) is 218 Å². The molecule has 1 amide bonds. The Bertz CT molecular complexity index is 1010. The summed E-state index contributed by atoms with van der Waals surface area (Å²) in [5, 5.41) is 54.2. The van der Waals surface area contributed by atoms with Crippen LogP contribution in [0.15, 0.2) is 12.2 Å². The van der Waals surface area contributed by atoms with Crippen LogP contribution in [0.25, 0.3) is 0 Å². The number of carbonyl (C=O) groups is 1. The van der Waals surface area contributed by atoms with E-state index in [1.54, 1.807) is 6.08 Å². The molecular weight excluding hydrogens is 803 g/mol. The highest BCUT2D eigenvalue weighted by molar-refractivity contribution is 5.76. The number of aliphatic hydroxyl groups is 5. The molecular formula is C55H107NO8. The number of rotatable bonds is 48. The molecule has 0 aromatic heterocycles. The molecule has 0 bridgehead atoms. The van der Waals surface area contributed by atoms with Crippen LogP contribution in [0.2, 0.25) is 0 Å². The molecule has 0 radical (unpaired) electrons. The molecule has 1 heterocycles. The van der Waals surface area contributed by atoms with Gasteiger partial charge in [0.25, 0.3) is 0 Å². The summed E-state index contributed by atoms with van der Waals surface area (Å²) < 4.78 is 11.2. The highest BCUT2D eigenvalue weighted by atomic mass is 16.7. The molecule has 0 aliphatic carbocycles. The van der Waals surface area contributed by atoms with Crippen molar-refractivity contribution >= 4 is 5.91 Å². The average molecular weight is 910 g/mol. The van der Waals surface area contributed by atoms with E-state index in [0.717, 1.165) is 38.5 Å². The predicted molar refractivity (Wildman–Crippen MR) is 267 cm³/mol. The summed E-state index contributed by atoms with van der Waals surface area (Å²) in [4.78, 5) is 13.0. The highest BCUT2D eigenvalue weighted by Gasteiger charge is 2.44. The van der Waals surface area contributed by atoms with Crippen molar-refractivity contribution in [3.05, 3.63) is 12.2 Å². The van der Waals surface area contributed by atoms with Gasteiger partial charge in [0.05, 0.1) is 25.4 Å². The van der Waals surface area contributed by atoms with Gasteiger partial charge in [0.1, 0.15) is 24.4 Å². The minimum absolute atomic E-state index is 0.174. The molecule has 0 aromatic rings. The standard InChI is InChI=1S/C55H107NO8/c1-3-5-7-9-11-13-14-15-16-17-18-19-20-21-22-23-24-25-26-27-28-29-30-31-32-33-34-35-37-39-41-43-45-51(59)56-48(49(58)44-42-40-38-36-12-10-8-6-4-2)47-63-55-54(62)53(61)52(60)50(46-57)64-55/h42,44,48-50,52-55,57-58,60-62H,3-41,43,45-47H2,1-2H3,(H,56,59)/b44-42+. The van der Waals surface area contributed by atoms with Gasteiger partial charge < -0.3 is 40.3 Å². The van der Waals surface area contributed by atoms with Crippen molar-refractivity contribution in [3.63, 3.8) is 0 Å². The molecule has 0 saturated carbocycles. The van der Waals surface area contributed by atoms with Crippen LogP contribution < -0.4 is 5.32 Å². The van der Waals surface area contributed by atoms with Crippen molar-refractivity contribution < 1.29 is 39.8 Å². The lowest BCUT2D eigenvalue weighted by Crippen LogP contribution is -2.60. The molecule has 64 heavy (non-hydrogen) atoms. The number of hydrogen-bond donors (Lipinski definition) is 6. The highest BCUT2D eigenvalue weighted by Crippen LogP contribution is 2.23. The Balaban J connectivity index is 2.05. The van der Waals surface area contributed by atoms with E-state index in [9.17, 15) is 30.3 Å². The largest absolute Gasteiger partial charge is 0.394 e. The fraction of sp³-hybridized carbons (Fsp3) is 0.945. The third-order valence-corrected chi connectivity index (χ3v) is 13.6. The number of nitrogens with one attached hydrogen (secondary N) is 1. The number of amides is 1. The molecule has 9 nitrogen and oxygen atoms in total. The zero-order valence-corrected chi connectivity index (χ0v) is 42.1. The summed E-state index contributed by atoms with van der Waals surface area (Å²) in [5.41, 5.74) is 0. The lowest BCUT2D eigenvalue weighted by Gasteiger charge is -2.40. The van der Waals surface area contributed by atoms with Crippen molar-refractivity contribution in [1.82, 2.24) is 5.32 Å². The van der Waals surface area contributed by atoms with Gasteiger partial charge in [0.15, 0.2) is 6.29 Å². The minimum Gasteiger partial charge on any atom is -0.394 e. The third-order valence-electron chi connectivity index (χ3n) is 13.6. The normalized spacial score (nSPS) is 20.0. The molecule has 1 aliphatic heterocycles. The van der Waals surface area contributed by atoms with Crippen molar-refractivity contribution in [2.75, 3.05) is 13.2 Å². The zero-order chi connectivity index (χ0) is 46.6. The Morgan fingerprint density at radius 1 is 0.516 bits per heavy atom. The molecule has 7 atom stereocenters. The van der Waals surface area contributed by atoms with E-state index in [4.69, 9.17) is 9.47 Å². The van der Waals surface area contributed by atoms with Gasteiger partial charge in [-0.1, -0.05) is 264 Å². The van der Waals surface area contributed by atoms with E-state index in [1.807, 2.05) is 6.08 Å². The fourth-order valence-corrected chi connectivity index (χ4v) is 9.16. The number of ether oxygens (including phenoxy) is 2. The number of unbranched alkanes of at least 4 members (excludes halogenated alkanes) is 38. The lowest BCUT2D eigenvalue weighted by atomic mass is 9.99. The van der Waals surface area contributed by atoms with Crippen LogP contribution in [0.4, 0.5) is 0 Å². The lowest BCUT2D eigenvalue weighted by molar-refractivity contribution is -0.302. The third kappa shape index (κ3) is 35.1. The summed E-state index contributed by atoms with van der Waals surface area (Å²) in [7, 11) is 0. The van der Waals surface area contributed by atoms with Crippen LogP contribution in [-0.2, 0) is 14.3 Å². The summed E-state index contributed by atoms with van der Waals surface area (Å²) in [6.45, 7) is 3.77. The molecule has 1 rings (SSSR count). The van der Waals surface area contributed by atoms with E-state index >= 15 is 0 Å². The maximum absolute atomic E-state index is 13.0. The first kappa shape index (κ1) is 60.9. The van der Waals surface area contributed by atoms with Crippen LogP contribution in [-0.4, -0.2) is 87.5 Å². The van der Waals surface area contributed by atoms with Gasteiger partial charge in [-0.05, 0) is 19.3 Å². The predicted octanol–water partition coefficient (Wildman–Crippen LogP) is 13.2. The Morgan fingerprint density at radius 3 is 1.22 bits per heavy atom. The second-order valence-electron chi connectivity index (χ2n) is 19.7. The van der Waals surface area contributed by atoms with Gasteiger partial charge in [0, 0.05) is 6.42 Å². The van der Waals surface area contributed by atoms with Gasteiger partial charge in [-0.15, -0.1) is 0 Å². The van der Waals surface area contributed by atoms with Crippen LogP contribution in [0.1, 0.15) is 277 Å². The maximum Gasteiger partial charge on any atom is 0.220 e. The second kappa shape index (κ2) is 45.7. The number of allylic oxidation sites excluding steroid dienone is 1. The Kier molecular flexibility index (Phi) is 43.5. The number of hydrogen-bond acceptors (Lipinski definition) is 8. The van der Waals surface area contributed by atoms with Crippen LogP contribution >= 0.6 is 0 Å². The quantitative estimate of drug-likeness (QED) is 0.0261. The summed E-state index contributed by atoms with van der Waals surface area (Å²) >= 11 is 0. The minimum atomic E-state index is -1.56. The smallest absolute Gasteiger partial charge is 0.220 e. The van der Waals surface area contributed by atoms with E-state index in [0.29, 0.717) is 6.42 Å². The topological polar surface area (TPSA) is 149 Å². The summed E-state index contributed by atoms with van der Waals surface area (Å²) in [5.74, 6) is -0.174.